The van der Waals surface area contributed by atoms with Crippen molar-refractivity contribution in [2.24, 2.45) is 0 Å². The molecule has 1 heterocycles. The van der Waals surface area contributed by atoms with Crippen LogP contribution in [0.1, 0.15) is 9.67 Å². The van der Waals surface area contributed by atoms with Crippen molar-refractivity contribution in [1.29, 1.82) is 0 Å². The molecule has 0 amide bonds. The van der Waals surface area contributed by atoms with Gasteiger partial charge in [-0.15, -0.1) is 11.3 Å². The molecule has 17 heavy (non-hydrogen) atoms. The highest BCUT2D eigenvalue weighted by Crippen LogP contribution is 2.35. The molecule has 0 bridgehead atoms. The minimum Gasteiger partial charge on any atom is -0.465 e. The lowest BCUT2D eigenvalue weighted by atomic mass is 10.2. The van der Waals surface area contributed by atoms with E-state index in [0.717, 1.165) is 11.3 Å². The van der Waals surface area contributed by atoms with Crippen LogP contribution in [0.2, 0.25) is 0 Å². The van der Waals surface area contributed by atoms with Crippen molar-refractivity contribution >= 4 is 38.8 Å². The van der Waals surface area contributed by atoms with Gasteiger partial charge in [0, 0.05) is 22.2 Å². The van der Waals surface area contributed by atoms with Crippen LogP contribution in [-0.2, 0) is 4.74 Å². The fourth-order valence-electron chi connectivity index (χ4n) is 1.46. The van der Waals surface area contributed by atoms with Gasteiger partial charge in [-0.1, -0.05) is 0 Å². The molecule has 2 rings (SSSR count). The fraction of sp³-hybridized carbons (Fsp3) is 0.100. The SMILES string of the molecule is COC(=O)c1sc2cc([N+](=O)[O-])ccc2c1N. The second kappa shape index (κ2) is 4.02. The zero-order chi connectivity index (χ0) is 12.6. The van der Waals surface area contributed by atoms with Crippen molar-refractivity contribution in [3.05, 3.63) is 33.2 Å². The Morgan fingerprint density at radius 3 is 2.82 bits per heavy atom. The summed E-state index contributed by atoms with van der Waals surface area (Å²) in [5, 5.41) is 11.2. The maximum Gasteiger partial charge on any atom is 0.350 e. The summed E-state index contributed by atoms with van der Waals surface area (Å²) < 4.78 is 5.18. The van der Waals surface area contributed by atoms with Crippen molar-refractivity contribution in [3.8, 4) is 0 Å². The molecule has 0 aliphatic carbocycles. The maximum absolute atomic E-state index is 11.4. The predicted molar refractivity (Wildman–Crippen MR) is 64.2 cm³/mol. The minimum absolute atomic E-state index is 0.0323. The van der Waals surface area contributed by atoms with Gasteiger partial charge in [0.25, 0.3) is 5.69 Å². The molecule has 0 atom stereocenters. The summed E-state index contributed by atoms with van der Waals surface area (Å²) in [5.74, 6) is -0.536. The van der Waals surface area contributed by atoms with E-state index in [1.165, 1.54) is 25.3 Å². The third kappa shape index (κ3) is 1.80. The zero-order valence-corrected chi connectivity index (χ0v) is 9.61. The number of benzene rings is 1. The summed E-state index contributed by atoms with van der Waals surface area (Å²) >= 11 is 1.08. The van der Waals surface area contributed by atoms with Gasteiger partial charge in [-0.25, -0.2) is 4.79 Å². The lowest BCUT2D eigenvalue weighted by Gasteiger charge is -1.95. The Labute approximate surface area is 99.8 Å². The summed E-state index contributed by atoms with van der Waals surface area (Å²) in [6.45, 7) is 0. The molecule has 0 spiro atoms. The van der Waals surface area contributed by atoms with Gasteiger partial charge in [0.05, 0.1) is 17.7 Å². The molecule has 7 heteroatoms. The van der Waals surface area contributed by atoms with E-state index in [2.05, 4.69) is 4.74 Å². The molecule has 6 nitrogen and oxygen atoms in total. The third-order valence-electron chi connectivity index (χ3n) is 2.29. The van der Waals surface area contributed by atoms with Crippen LogP contribution in [0.4, 0.5) is 11.4 Å². The van der Waals surface area contributed by atoms with Crippen LogP contribution in [0.3, 0.4) is 0 Å². The highest BCUT2D eigenvalue weighted by Gasteiger charge is 2.18. The average Bonchev–Trinajstić information content (AvgIpc) is 2.65. The molecule has 0 fully saturated rings. The number of hydrogen-bond donors (Lipinski definition) is 1. The first-order valence-electron chi connectivity index (χ1n) is 4.59. The van der Waals surface area contributed by atoms with Gasteiger partial charge in [-0.05, 0) is 6.07 Å². The predicted octanol–water partition coefficient (Wildman–Crippen LogP) is 2.18. The van der Waals surface area contributed by atoms with Crippen LogP contribution in [0.15, 0.2) is 18.2 Å². The molecule has 1 aromatic carbocycles. The van der Waals surface area contributed by atoms with Crippen LogP contribution < -0.4 is 5.73 Å². The number of nitrogens with two attached hydrogens (primary N) is 1. The fourth-order valence-corrected chi connectivity index (χ4v) is 2.54. The second-order valence-corrected chi connectivity index (χ2v) is 4.33. The average molecular weight is 252 g/mol. The molecule has 2 N–H and O–H groups in total. The smallest absolute Gasteiger partial charge is 0.350 e. The first-order valence-corrected chi connectivity index (χ1v) is 5.41. The number of hydrogen-bond acceptors (Lipinski definition) is 6. The molecule has 0 radical (unpaired) electrons. The Balaban J connectivity index is 2.65. The Kier molecular flexibility index (Phi) is 2.68. The normalized spacial score (nSPS) is 10.4. The van der Waals surface area contributed by atoms with Crippen molar-refractivity contribution in [1.82, 2.24) is 0 Å². The summed E-state index contributed by atoms with van der Waals surface area (Å²) in [6.07, 6.45) is 0. The highest BCUT2D eigenvalue weighted by molar-refractivity contribution is 7.21. The molecule has 1 aromatic heterocycles. The monoisotopic (exact) mass is 252 g/mol. The summed E-state index contributed by atoms with van der Waals surface area (Å²) in [4.78, 5) is 21.8. The largest absolute Gasteiger partial charge is 0.465 e. The third-order valence-corrected chi connectivity index (χ3v) is 3.44. The van der Waals surface area contributed by atoms with Gasteiger partial charge in [0.1, 0.15) is 4.88 Å². The molecule has 0 aliphatic heterocycles. The topological polar surface area (TPSA) is 95.5 Å². The van der Waals surface area contributed by atoms with E-state index in [4.69, 9.17) is 5.73 Å². The van der Waals surface area contributed by atoms with Gasteiger partial charge >= 0.3 is 5.97 Å². The summed E-state index contributed by atoms with van der Waals surface area (Å²) in [7, 11) is 1.26. The van der Waals surface area contributed by atoms with Gasteiger partial charge in [-0.2, -0.15) is 0 Å². The van der Waals surface area contributed by atoms with Crippen LogP contribution in [0.5, 0.6) is 0 Å². The lowest BCUT2D eigenvalue weighted by Crippen LogP contribution is -2.01. The number of carbonyl (C=O) groups is 1. The molecular formula is C10H8N2O4S. The zero-order valence-electron chi connectivity index (χ0n) is 8.80. The molecular weight excluding hydrogens is 244 g/mol. The number of nitro benzene ring substituents is 1. The Hall–Kier alpha value is -2.15. The van der Waals surface area contributed by atoms with E-state index in [1.807, 2.05) is 0 Å². The number of non-ortho nitro benzene ring substituents is 1. The highest BCUT2D eigenvalue weighted by atomic mass is 32.1. The molecule has 0 aliphatic rings. The van der Waals surface area contributed by atoms with Gasteiger partial charge in [0.15, 0.2) is 0 Å². The number of thiophene rings is 1. The number of nitrogen functional groups attached to an aromatic ring is 1. The molecule has 0 saturated heterocycles. The van der Waals surface area contributed by atoms with E-state index in [-0.39, 0.29) is 10.6 Å². The molecule has 0 unspecified atom stereocenters. The minimum atomic E-state index is -0.536. The van der Waals surface area contributed by atoms with E-state index >= 15 is 0 Å². The van der Waals surface area contributed by atoms with Gasteiger partial charge in [0.2, 0.25) is 0 Å². The van der Waals surface area contributed by atoms with Gasteiger partial charge < -0.3 is 10.5 Å². The number of anilines is 1. The Bertz CT molecular complexity index is 620. The first kappa shape index (κ1) is 11.3. The van der Waals surface area contributed by atoms with Crippen molar-refractivity contribution in [2.45, 2.75) is 0 Å². The van der Waals surface area contributed by atoms with E-state index in [9.17, 15) is 14.9 Å². The quantitative estimate of drug-likeness (QED) is 0.502. The standard InChI is InChI=1S/C10H8N2O4S/c1-16-10(13)9-8(11)6-3-2-5(12(14)15)4-7(6)17-9/h2-4H,11H2,1H3. The number of ether oxygens (including phenoxy) is 1. The number of fused-ring (bicyclic) bond motifs is 1. The maximum atomic E-state index is 11.4. The number of nitrogens with zero attached hydrogens (tertiary/aromatic N) is 1. The number of nitro groups is 1. The van der Waals surface area contributed by atoms with Crippen LogP contribution in [-0.4, -0.2) is 18.0 Å². The molecule has 2 aromatic rings. The second-order valence-electron chi connectivity index (χ2n) is 3.27. The van der Waals surface area contributed by atoms with E-state index in [0.29, 0.717) is 15.8 Å². The van der Waals surface area contributed by atoms with Crippen LogP contribution in [0.25, 0.3) is 10.1 Å². The van der Waals surface area contributed by atoms with E-state index < -0.39 is 10.9 Å². The number of esters is 1. The summed E-state index contributed by atoms with van der Waals surface area (Å²) in [5.41, 5.74) is 6.05. The van der Waals surface area contributed by atoms with E-state index in [1.54, 1.807) is 0 Å². The van der Waals surface area contributed by atoms with Crippen LogP contribution in [0, 0.1) is 10.1 Å². The number of carbonyl (C=O) groups excluding carboxylic acids is 1. The van der Waals surface area contributed by atoms with Crippen molar-refractivity contribution in [2.75, 3.05) is 12.8 Å². The molecule has 88 valence electrons. The molecule has 0 saturated carbocycles. The first-order chi connectivity index (χ1) is 8.04. The van der Waals surface area contributed by atoms with Crippen LogP contribution >= 0.6 is 11.3 Å². The van der Waals surface area contributed by atoms with Gasteiger partial charge in [-0.3, -0.25) is 10.1 Å². The van der Waals surface area contributed by atoms with Crippen molar-refractivity contribution < 1.29 is 14.5 Å². The number of methoxy groups -OCH3 is 1. The Morgan fingerprint density at radius 2 is 2.24 bits per heavy atom. The van der Waals surface area contributed by atoms with Crippen molar-refractivity contribution in [3.63, 3.8) is 0 Å². The lowest BCUT2D eigenvalue weighted by molar-refractivity contribution is -0.384. The summed E-state index contributed by atoms with van der Waals surface area (Å²) in [6, 6.07) is 4.28. The Morgan fingerprint density at radius 1 is 1.53 bits per heavy atom. The number of rotatable bonds is 2.